The van der Waals surface area contributed by atoms with E-state index in [9.17, 15) is 14.7 Å². The van der Waals surface area contributed by atoms with E-state index in [0.717, 1.165) is 10.5 Å². The molecule has 0 saturated carbocycles. The van der Waals surface area contributed by atoms with Crippen LogP contribution in [0.15, 0.2) is 54.6 Å². The second-order valence-electron chi connectivity index (χ2n) is 7.46. The fourth-order valence-corrected chi connectivity index (χ4v) is 4.33. The molecule has 0 aliphatic carbocycles. The van der Waals surface area contributed by atoms with Gasteiger partial charge in [0.05, 0.1) is 17.7 Å². The maximum absolute atomic E-state index is 13.1. The molecule has 5 rings (SSSR count). The highest BCUT2D eigenvalue weighted by molar-refractivity contribution is 6.21. The molecular formula is C22H21NO7. The predicted molar refractivity (Wildman–Crippen MR) is 102 cm³/mol. The van der Waals surface area contributed by atoms with Gasteiger partial charge < -0.3 is 24.1 Å². The average Bonchev–Trinajstić information content (AvgIpc) is 3.04. The van der Waals surface area contributed by atoms with Crippen molar-refractivity contribution < 1.29 is 33.6 Å². The summed E-state index contributed by atoms with van der Waals surface area (Å²) in [6.07, 6.45) is -4.42. The van der Waals surface area contributed by atoms with Crippen LogP contribution in [-0.2, 0) is 18.9 Å². The molecule has 2 aromatic carbocycles. The summed E-state index contributed by atoms with van der Waals surface area (Å²) in [6.45, 7) is 0.163. The monoisotopic (exact) mass is 411 g/mol. The van der Waals surface area contributed by atoms with E-state index in [1.165, 1.54) is 7.11 Å². The quantitative estimate of drug-likeness (QED) is 0.765. The molecule has 156 valence electrons. The van der Waals surface area contributed by atoms with E-state index in [-0.39, 0.29) is 6.61 Å². The molecule has 2 unspecified atom stereocenters. The number of ether oxygens (including phenoxy) is 4. The number of benzene rings is 2. The van der Waals surface area contributed by atoms with Gasteiger partial charge in [-0.2, -0.15) is 0 Å². The Morgan fingerprint density at radius 3 is 2.23 bits per heavy atom. The Labute approximate surface area is 172 Å². The van der Waals surface area contributed by atoms with Crippen molar-refractivity contribution in [3.63, 3.8) is 0 Å². The van der Waals surface area contributed by atoms with Crippen LogP contribution in [0.25, 0.3) is 0 Å². The normalized spacial score (nSPS) is 33.3. The number of imide groups is 1. The average molecular weight is 411 g/mol. The Balaban J connectivity index is 1.51. The minimum Gasteiger partial charge on any atom is -0.386 e. The minimum atomic E-state index is -1.28. The number of aliphatic hydroxyl groups excluding tert-OH is 1. The minimum absolute atomic E-state index is 0.163. The van der Waals surface area contributed by atoms with Crippen molar-refractivity contribution >= 4 is 11.8 Å². The molecule has 0 aromatic heterocycles. The number of nitrogens with zero attached hydrogens (tertiary/aromatic N) is 1. The van der Waals surface area contributed by atoms with E-state index in [4.69, 9.17) is 18.9 Å². The van der Waals surface area contributed by atoms with Crippen LogP contribution < -0.4 is 0 Å². The van der Waals surface area contributed by atoms with E-state index < -0.39 is 48.7 Å². The van der Waals surface area contributed by atoms with Crippen molar-refractivity contribution in [2.75, 3.05) is 13.7 Å². The summed E-state index contributed by atoms with van der Waals surface area (Å²) in [5, 5.41) is 11.0. The molecule has 8 nitrogen and oxygen atoms in total. The van der Waals surface area contributed by atoms with Gasteiger partial charge in [-0.05, 0) is 12.1 Å². The molecule has 8 heteroatoms. The number of amides is 2. The topological polar surface area (TPSA) is 94.5 Å². The molecule has 2 fully saturated rings. The number of hydrogen-bond acceptors (Lipinski definition) is 7. The Morgan fingerprint density at radius 1 is 0.967 bits per heavy atom. The molecule has 2 amide bonds. The fraction of sp³-hybridized carbons (Fsp3) is 0.364. The summed E-state index contributed by atoms with van der Waals surface area (Å²) in [4.78, 5) is 27.3. The second kappa shape index (κ2) is 7.57. The molecule has 3 aliphatic heterocycles. The van der Waals surface area contributed by atoms with Crippen LogP contribution in [0, 0.1) is 0 Å². The Bertz CT molecular complexity index is 930. The zero-order chi connectivity index (χ0) is 20.8. The van der Waals surface area contributed by atoms with Crippen molar-refractivity contribution in [2.24, 2.45) is 0 Å². The van der Waals surface area contributed by atoms with Gasteiger partial charge in [0, 0.05) is 12.7 Å². The molecule has 2 saturated heterocycles. The van der Waals surface area contributed by atoms with Crippen LogP contribution >= 0.6 is 0 Å². The first-order valence-corrected chi connectivity index (χ1v) is 9.75. The summed E-state index contributed by atoms with van der Waals surface area (Å²) in [6, 6.07) is 14.9. The Kier molecular flexibility index (Phi) is 4.88. The van der Waals surface area contributed by atoms with Crippen LogP contribution in [0.2, 0.25) is 0 Å². The highest BCUT2D eigenvalue weighted by atomic mass is 16.7. The molecule has 6 atom stereocenters. The lowest BCUT2D eigenvalue weighted by Gasteiger charge is -2.49. The zero-order valence-corrected chi connectivity index (χ0v) is 16.2. The number of aliphatic hydroxyl groups is 1. The third kappa shape index (κ3) is 2.96. The molecule has 1 N–H and O–H groups in total. The number of carbonyl (C=O) groups is 2. The molecule has 30 heavy (non-hydrogen) atoms. The summed E-state index contributed by atoms with van der Waals surface area (Å²) < 4.78 is 23.0. The van der Waals surface area contributed by atoms with E-state index in [1.807, 2.05) is 30.3 Å². The molecule has 0 bridgehead atoms. The summed E-state index contributed by atoms with van der Waals surface area (Å²) in [7, 11) is 1.39. The van der Waals surface area contributed by atoms with Gasteiger partial charge in [-0.3, -0.25) is 14.5 Å². The molecule has 2 aromatic rings. The van der Waals surface area contributed by atoms with Crippen LogP contribution in [0.5, 0.6) is 0 Å². The lowest BCUT2D eigenvalue weighted by Crippen LogP contribution is -2.68. The van der Waals surface area contributed by atoms with Crippen molar-refractivity contribution in [1.82, 2.24) is 4.90 Å². The Hall–Kier alpha value is -2.62. The molecular weight excluding hydrogens is 390 g/mol. The van der Waals surface area contributed by atoms with Gasteiger partial charge in [0.25, 0.3) is 11.8 Å². The van der Waals surface area contributed by atoms with Gasteiger partial charge in [-0.15, -0.1) is 0 Å². The van der Waals surface area contributed by atoms with E-state index in [1.54, 1.807) is 24.3 Å². The van der Waals surface area contributed by atoms with Crippen LogP contribution in [0.1, 0.15) is 32.6 Å². The van der Waals surface area contributed by atoms with Crippen molar-refractivity contribution in [3.05, 3.63) is 71.3 Å². The lowest BCUT2D eigenvalue weighted by molar-refractivity contribution is -0.345. The fourth-order valence-electron chi connectivity index (χ4n) is 4.33. The second-order valence-corrected chi connectivity index (χ2v) is 7.46. The SMILES string of the molecule is COC1O[C@@H]2COC(c3ccccc3)O[C@H]2[C@@H](N2C(=O)c3ccccc3C2=O)[C@@H]1O. The predicted octanol–water partition coefficient (Wildman–Crippen LogP) is 1.50. The summed E-state index contributed by atoms with van der Waals surface area (Å²) >= 11 is 0. The van der Waals surface area contributed by atoms with Crippen LogP contribution in [0.4, 0.5) is 0 Å². The van der Waals surface area contributed by atoms with Gasteiger partial charge in [-0.25, -0.2) is 0 Å². The summed E-state index contributed by atoms with van der Waals surface area (Å²) in [5.41, 5.74) is 1.40. The van der Waals surface area contributed by atoms with Gasteiger partial charge in [0.1, 0.15) is 24.4 Å². The van der Waals surface area contributed by atoms with Gasteiger partial charge in [0.15, 0.2) is 12.6 Å². The first-order valence-electron chi connectivity index (χ1n) is 9.75. The Morgan fingerprint density at radius 2 is 1.60 bits per heavy atom. The first-order chi connectivity index (χ1) is 14.6. The number of carbonyl (C=O) groups excluding carboxylic acids is 2. The van der Waals surface area contributed by atoms with E-state index in [2.05, 4.69) is 0 Å². The van der Waals surface area contributed by atoms with Crippen LogP contribution in [-0.4, -0.2) is 66.2 Å². The molecule has 0 spiro atoms. The lowest BCUT2D eigenvalue weighted by atomic mass is 9.93. The number of fused-ring (bicyclic) bond motifs is 2. The van der Waals surface area contributed by atoms with E-state index >= 15 is 0 Å². The maximum Gasteiger partial charge on any atom is 0.261 e. The highest BCUT2D eigenvalue weighted by Crippen LogP contribution is 2.38. The summed E-state index contributed by atoms with van der Waals surface area (Å²) in [5.74, 6) is -0.942. The molecule has 0 radical (unpaired) electrons. The number of methoxy groups -OCH3 is 1. The van der Waals surface area contributed by atoms with Crippen molar-refractivity contribution in [3.8, 4) is 0 Å². The number of rotatable bonds is 3. The smallest absolute Gasteiger partial charge is 0.261 e. The van der Waals surface area contributed by atoms with Crippen LogP contribution in [0.3, 0.4) is 0 Å². The number of hydrogen-bond donors (Lipinski definition) is 1. The first kappa shape index (κ1) is 19.3. The third-order valence-electron chi connectivity index (χ3n) is 5.76. The molecule has 3 heterocycles. The highest BCUT2D eigenvalue weighted by Gasteiger charge is 2.56. The largest absolute Gasteiger partial charge is 0.386 e. The van der Waals surface area contributed by atoms with Gasteiger partial charge in [0.2, 0.25) is 0 Å². The molecule has 3 aliphatic rings. The van der Waals surface area contributed by atoms with E-state index in [0.29, 0.717) is 11.1 Å². The maximum atomic E-state index is 13.1. The standard InChI is InChI=1S/C22H21NO7/c1-27-22-17(24)16(23-19(25)13-9-5-6-10-14(13)20(23)26)18-15(29-22)11-28-21(30-18)12-7-3-2-4-8-12/h2-10,15-18,21-22,24H,11H2,1H3/t15-,16+,17+,18-,21?,22?/m1/s1. The van der Waals surface area contributed by atoms with Crippen molar-refractivity contribution in [1.29, 1.82) is 0 Å². The zero-order valence-electron chi connectivity index (χ0n) is 16.2. The van der Waals surface area contributed by atoms with Gasteiger partial charge in [-0.1, -0.05) is 42.5 Å². The van der Waals surface area contributed by atoms with Gasteiger partial charge >= 0.3 is 0 Å². The van der Waals surface area contributed by atoms with Crippen molar-refractivity contribution in [2.45, 2.75) is 36.9 Å². The third-order valence-corrected chi connectivity index (χ3v) is 5.76.